The average Bonchev–Trinajstić information content (AvgIpc) is 2.38. The first-order valence-corrected chi connectivity index (χ1v) is 7.08. The zero-order chi connectivity index (χ0) is 14.3. The number of nitrogen functional groups attached to an aromatic ring is 1. The van der Waals surface area contributed by atoms with Gasteiger partial charge in [-0.2, -0.15) is 0 Å². The third kappa shape index (κ3) is 5.39. The molecule has 0 aliphatic heterocycles. The molecule has 0 saturated heterocycles. The molecule has 0 atom stereocenters. The van der Waals surface area contributed by atoms with Gasteiger partial charge in [-0.15, -0.1) is 0 Å². The average molecular weight is 262 g/mol. The molecule has 106 valence electrons. The van der Waals surface area contributed by atoms with Crippen molar-refractivity contribution in [3.8, 4) is 0 Å². The molecule has 0 fully saturated rings. The molecule has 4 nitrogen and oxygen atoms in total. The summed E-state index contributed by atoms with van der Waals surface area (Å²) in [5.41, 5.74) is 7.21. The van der Waals surface area contributed by atoms with Gasteiger partial charge in [-0.1, -0.05) is 19.8 Å². The smallest absolute Gasteiger partial charge is 0.141 e. The van der Waals surface area contributed by atoms with Gasteiger partial charge in [0.2, 0.25) is 0 Å². The summed E-state index contributed by atoms with van der Waals surface area (Å²) < 4.78 is 0. The van der Waals surface area contributed by atoms with Gasteiger partial charge in [0, 0.05) is 18.8 Å². The van der Waals surface area contributed by atoms with E-state index in [-0.39, 0.29) is 5.84 Å². The first kappa shape index (κ1) is 15.6. The van der Waals surface area contributed by atoms with Crippen molar-refractivity contribution in [2.45, 2.75) is 52.6 Å². The number of hydrogen-bond donors (Lipinski definition) is 2. The molecular weight excluding hydrogens is 236 g/mol. The summed E-state index contributed by atoms with van der Waals surface area (Å²) >= 11 is 0. The first-order chi connectivity index (χ1) is 9.04. The van der Waals surface area contributed by atoms with Crippen LogP contribution in [0.1, 0.15) is 51.3 Å². The van der Waals surface area contributed by atoms with Gasteiger partial charge in [0.05, 0.1) is 0 Å². The lowest BCUT2D eigenvalue weighted by Gasteiger charge is -2.26. The molecule has 19 heavy (non-hydrogen) atoms. The summed E-state index contributed by atoms with van der Waals surface area (Å²) in [7, 11) is 0. The first-order valence-electron chi connectivity index (χ1n) is 7.08. The summed E-state index contributed by atoms with van der Waals surface area (Å²) in [6.07, 6.45) is 5.49. The Labute approximate surface area is 116 Å². The minimum Gasteiger partial charge on any atom is -0.382 e. The molecule has 4 heteroatoms. The van der Waals surface area contributed by atoms with Gasteiger partial charge in [0.1, 0.15) is 11.5 Å². The molecule has 1 aromatic rings. The standard InChI is InChI=1S/C15H26N4/c1-4-5-6-9-19(12(2)3)11-13-7-8-18-14(10-13)15(16)17/h7-8,10,12H,4-6,9,11H2,1-3H3,(H3,16,17). The number of pyridine rings is 1. The second-order valence-corrected chi connectivity index (χ2v) is 5.23. The van der Waals surface area contributed by atoms with Crippen LogP contribution in [0, 0.1) is 5.41 Å². The second kappa shape index (κ2) is 7.89. The number of aromatic nitrogens is 1. The zero-order valence-electron chi connectivity index (χ0n) is 12.3. The van der Waals surface area contributed by atoms with Crippen molar-refractivity contribution in [2.24, 2.45) is 5.73 Å². The molecule has 0 spiro atoms. The molecule has 0 aromatic carbocycles. The minimum absolute atomic E-state index is 0.0314. The fourth-order valence-corrected chi connectivity index (χ4v) is 2.04. The van der Waals surface area contributed by atoms with Crippen molar-refractivity contribution in [2.75, 3.05) is 6.54 Å². The highest BCUT2D eigenvalue weighted by Gasteiger charge is 2.10. The Hall–Kier alpha value is -1.42. The Morgan fingerprint density at radius 3 is 2.74 bits per heavy atom. The van der Waals surface area contributed by atoms with Crippen LogP contribution in [0.3, 0.4) is 0 Å². The topological polar surface area (TPSA) is 66.0 Å². The van der Waals surface area contributed by atoms with Gasteiger partial charge in [-0.05, 0) is 44.5 Å². The lowest BCUT2D eigenvalue weighted by Crippen LogP contribution is -2.31. The second-order valence-electron chi connectivity index (χ2n) is 5.23. The quantitative estimate of drug-likeness (QED) is 0.430. The van der Waals surface area contributed by atoms with Crippen LogP contribution in [0.25, 0.3) is 0 Å². The summed E-state index contributed by atoms with van der Waals surface area (Å²) in [4.78, 5) is 6.55. The van der Waals surface area contributed by atoms with E-state index < -0.39 is 0 Å². The maximum Gasteiger partial charge on any atom is 0.141 e. The van der Waals surface area contributed by atoms with Crippen molar-refractivity contribution in [3.05, 3.63) is 29.6 Å². The van der Waals surface area contributed by atoms with Crippen molar-refractivity contribution < 1.29 is 0 Å². The van der Waals surface area contributed by atoms with Crippen molar-refractivity contribution >= 4 is 5.84 Å². The van der Waals surface area contributed by atoms with Crippen molar-refractivity contribution in [3.63, 3.8) is 0 Å². The number of nitrogens with zero attached hydrogens (tertiary/aromatic N) is 2. The van der Waals surface area contributed by atoms with Crippen LogP contribution >= 0.6 is 0 Å². The fourth-order valence-electron chi connectivity index (χ4n) is 2.04. The third-order valence-electron chi connectivity index (χ3n) is 3.27. The zero-order valence-corrected chi connectivity index (χ0v) is 12.3. The molecule has 0 aliphatic rings. The summed E-state index contributed by atoms with van der Waals surface area (Å²) in [6.45, 7) is 8.67. The van der Waals surface area contributed by atoms with Crippen LogP contribution in [-0.4, -0.2) is 28.3 Å². The lowest BCUT2D eigenvalue weighted by atomic mass is 10.1. The van der Waals surface area contributed by atoms with Gasteiger partial charge in [0.25, 0.3) is 0 Å². The number of rotatable bonds is 8. The highest BCUT2D eigenvalue weighted by molar-refractivity contribution is 5.93. The Balaban J connectivity index is 2.67. The van der Waals surface area contributed by atoms with E-state index >= 15 is 0 Å². The third-order valence-corrected chi connectivity index (χ3v) is 3.27. The molecule has 0 bridgehead atoms. The monoisotopic (exact) mass is 262 g/mol. The van der Waals surface area contributed by atoms with Crippen LogP contribution in [0.5, 0.6) is 0 Å². The Bertz CT molecular complexity index is 401. The molecule has 0 saturated carbocycles. The summed E-state index contributed by atoms with van der Waals surface area (Å²) in [6, 6.07) is 4.44. The van der Waals surface area contributed by atoms with Crippen LogP contribution in [0.4, 0.5) is 0 Å². The molecule has 1 rings (SSSR count). The Morgan fingerprint density at radius 1 is 1.42 bits per heavy atom. The van der Waals surface area contributed by atoms with Crippen LogP contribution in [-0.2, 0) is 6.54 Å². The summed E-state index contributed by atoms with van der Waals surface area (Å²) in [5, 5.41) is 7.44. The molecule has 0 radical (unpaired) electrons. The minimum atomic E-state index is 0.0314. The van der Waals surface area contributed by atoms with Crippen LogP contribution in [0.15, 0.2) is 18.3 Å². The molecule has 0 unspecified atom stereocenters. The molecule has 1 heterocycles. The maximum absolute atomic E-state index is 7.44. The van der Waals surface area contributed by atoms with Gasteiger partial charge in [0.15, 0.2) is 0 Å². The van der Waals surface area contributed by atoms with E-state index in [1.807, 2.05) is 12.1 Å². The number of nitrogens with one attached hydrogen (secondary N) is 1. The van der Waals surface area contributed by atoms with Crippen LogP contribution < -0.4 is 5.73 Å². The summed E-state index contributed by atoms with van der Waals surface area (Å²) in [5.74, 6) is 0.0314. The van der Waals surface area contributed by atoms with E-state index in [2.05, 4.69) is 30.7 Å². The van der Waals surface area contributed by atoms with Gasteiger partial charge in [-0.3, -0.25) is 15.3 Å². The fraction of sp³-hybridized carbons (Fsp3) is 0.600. The molecule has 3 N–H and O–H groups in total. The van der Waals surface area contributed by atoms with E-state index in [9.17, 15) is 0 Å². The van der Waals surface area contributed by atoms with Crippen molar-refractivity contribution in [1.82, 2.24) is 9.88 Å². The van der Waals surface area contributed by atoms with Crippen LogP contribution in [0.2, 0.25) is 0 Å². The SMILES string of the molecule is CCCCCN(Cc1ccnc(C(=N)N)c1)C(C)C. The van der Waals surface area contributed by atoms with E-state index in [4.69, 9.17) is 11.1 Å². The Kier molecular flexibility index (Phi) is 6.50. The number of nitrogens with two attached hydrogens (primary N) is 1. The van der Waals surface area contributed by atoms with E-state index in [0.717, 1.165) is 13.1 Å². The van der Waals surface area contributed by atoms with E-state index in [1.165, 1.54) is 24.8 Å². The number of unbranched alkanes of at least 4 members (excludes halogenated alkanes) is 2. The van der Waals surface area contributed by atoms with Gasteiger partial charge >= 0.3 is 0 Å². The predicted octanol–water partition coefficient (Wildman–Crippen LogP) is 2.77. The number of amidine groups is 1. The molecule has 0 amide bonds. The number of hydrogen-bond acceptors (Lipinski definition) is 3. The van der Waals surface area contributed by atoms with E-state index in [0.29, 0.717) is 11.7 Å². The highest BCUT2D eigenvalue weighted by atomic mass is 15.1. The molecular formula is C15H26N4. The maximum atomic E-state index is 7.44. The normalized spacial score (nSPS) is 11.2. The highest BCUT2D eigenvalue weighted by Crippen LogP contribution is 2.11. The van der Waals surface area contributed by atoms with Crippen molar-refractivity contribution in [1.29, 1.82) is 5.41 Å². The van der Waals surface area contributed by atoms with Gasteiger partial charge < -0.3 is 5.73 Å². The largest absolute Gasteiger partial charge is 0.382 e. The van der Waals surface area contributed by atoms with E-state index in [1.54, 1.807) is 6.20 Å². The predicted molar refractivity (Wildman–Crippen MR) is 80.3 cm³/mol. The molecule has 0 aliphatic carbocycles. The lowest BCUT2D eigenvalue weighted by molar-refractivity contribution is 0.208. The molecule has 1 aromatic heterocycles. The van der Waals surface area contributed by atoms with Gasteiger partial charge in [-0.25, -0.2) is 0 Å². The Morgan fingerprint density at radius 2 is 2.16 bits per heavy atom.